The maximum absolute atomic E-state index is 14.2. The van der Waals surface area contributed by atoms with Gasteiger partial charge in [-0.05, 0) is 56.4 Å². The van der Waals surface area contributed by atoms with Crippen LogP contribution in [0.3, 0.4) is 0 Å². The molecule has 8 amide bonds. The van der Waals surface area contributed by atoms with Gasteiger partial charge in [-0.3, -0.25) is 48.1 Å². The number of benzene rings is 1. The Hall–Kier alpha value is -6.89. The third-order valence-corrected chi connectivity index (χ3v) is 9.77. The highest BCUT2D eigenvalue weighted by Crippen LogP contribution is 2.10. The minimum absolute atomic E-state index is 0.0227. The molecule has 0 aliphatic heterocycles. The Bertz CT molecular complexity index is 1900. The zero-order chi connectivity index (χ0) is 51.0. The molecule has 0 spiro atoms. The maximum atomic E-state index is 14.2. The van der Waals surface area contributed by atoms with Crippen molar-refractivity contribution >= 4 is 65.2 Å². The van der Waals surface area contributed by atoms with Crippen molar-refractivity contribution in [2.24, 2.45) is 39.8 Å². The first kappa shape index (κ1) is 58.1. The average molecular weight is 949 g/mol. The second kappa shape index (κ2) is 29.6. The van der Waals surface area contributed by atoms with Crippen LogP contribution in [0.4, 0.5) is 0 Å². The Labute approximate surface area is 388 Å². The fourth-order valence-electron chi connectivity index (χ4n) is 6.32. The van der Waals surface area contributed by atoms with E-state index in [1.807, 2.05) is 13.8 Å². The Morgan fingerprint density at radius 1 is 0.582 bits per heavy atom. The molecule has 8 atom stereocenters. The minimum atomic E-state index is -1.84. The largest absolute Gasteiger partial charge is 0.481 e. The summed E-state index contributed by atoms with van der Waals surface area (Å²) in [5, 5.41) is 45.6. The number of aliphatic hydroxyl groups is 1. The SMILES string of the molecule is CC(C)C[C@H](NC(=O)[C@H](CO)NC(=O)[C@H](CCCN=C(N)N)NC(=O)[C@H](Cc1ccccc1)NC(=O)[C@H](CCC(N)=O)NC(=O)[C@H](C)NC(=O)[C@@H](N)CC(C)C)C(=O)N[C@@H](CC(=O)O)C(=O)O. The summed E-state index contributed by atoms with van der Waals surface area (Å²) in [6.45, 7) is 7.39. The molecule has 0 aromatic heterocycles. The van der Waals surface area contributed by atoms with E-state index in [2.05, 4.69) is 42.2 Å². The zero-order valence-corrected chi connectivity index (χ0v) is 38.4. The summed E-state index contributed by atoms with van der Waals surface area (Å²) < 4.78 is 0. The lowest BCUT2D eigenvalue weighted by atomic mass is 10.0. The van der Waals surface area contributed by atoms with E-state index in [-0.39, 0.29) is 62.9 Å². The molecule has 0 radical (unpaired) electrons. The standard InChI is InChI=1S/C42H68N12O13/c1-21(2)16-25(43)35(60)48-23(5)34(59)49-27(13-14-32(44)56)37(62)52-29(18-24-10-7-6-8-11-24)39(64)50-26(12-9-15-47-42(45)46)36(61)54-31(20-55)40(65)51-28(17-22(3)4)38(63)53-30(41(66)67)19-33(57)58/h6-8,10-11,21-23,25-31,55H,9,12-20,43H2,1-5H3,(H2,44,56)(H,48,60)(H,49,59)(H,50,64)(H,51,65)(H,52,62)(H,53,63)(H,54,61)(H,57,58)(H,66,67)(H4,45,46,47)/t23-,25-,26-,27-,28-,29-,30-,31-/m0/s1. The first-order valence-electron chi connectivity index (χ1n) is 21.7. The van der Waals surface area contributed by atoms with E-state index in [1.54, 1.807) is 44.2 Å². The molecule has 0 fully saturated rings. The van der Waals surface area contributed by atoms with E-state index in [9.17, 15) is 58.2 Å². The number of carboxylic acid groups (broad SMARTS) is 2. The molecule has 0 unspecified atom stereocenters. The van der Waals surface area contributed by atoms with Crippen LogP contribution in [0.1, 0.15) is 85.1 Å². The lowest BCUT2D eigenvalue weighted by Gasteiger charge is -2.27. The van der Waals surface area contributed by atoms with Gasteiger partial charge in [-0.1, -0.05) is 58.0 Å². The van der Waals surface area contributed by atoms with Crippen LogP contribution in [0.15, 0.2) is 35.3 Å². The number of primary amides is 1. The number of hydrogen-bond acceptors (Lipinski definition) is 13. The average Bonchev–Trinajstić information content (AvgIpc) is 3.23. The molecular formula is C42H68N12O13. The quantitative estimate of drug-likeness (QED) is 0.0191. The van der Waals surface area contributed by atoms with Crippen LogP contribution in [-0.4, -0.2) is 142 Å². The highest BCUT2D eigenvalue weighted by molar-refractivity contribution is 5.98. The van der Waals surface area contributed by atoms with Crippen molar-refractivity contribution in [3.05, 3.63) is 35.9 Å². The van der Waals surface area contributed by atoms with Gasteiger partial charge in [0.25, 0.3) is 0 Å². The van der Waals surface area contributed by atoms with Crippen molar-refractivity contribution in [2.45, 2.75) is 134 Å². The fraction of sp³-hybridized carbons (Fsp3) is 0.595. The van der Waals surface area contributed by atoms with E-state index in [0.29, 0.717) is 12.0 Å². The highest BCUT2D eigenvalue weighted by atomic mass is 16.4. The number of guanidine groups is 1. The number of aliphatic carboxylic acids is 2. The number of nitrogens with one attached hydrogen (secondary N) is 7. The molecule has 1 aromatic rings. The van der Waals surface area contributed by atoms with Gasteiger partial charge >= 0.3 is 11.9 Å². The number of amides is 8. The third-order valence-electron chi connectivity index (χ3n) is 9.77. The van der Waals surface area contributed by atoms with Crippen molar-refractivity contribution in [1.29, 1.82) is 0 Å². The molecule has 1 rings (SSSR count). The molecule has 0 heterocycles. The molecule has 67 heavy (non-hydrogen) atoms. The summed E-state index contributed by atoms with van der Waals surface area (Å²) in [6, 6.07) is -3.24. The van der Waals surface area contributed by atoms with Crippen LogP contribution < -0.4 is 60.2 Å². The monoisotopic (exact) mass is 949 g/mol. The number of aliphatic imine (C=N–C) groups is 1. The Morgan fingerprint density at radius 2 is 1.06 bits per heavy atom. The molecule has 18 N–H and O–H groups in total. The zero-order valence-electron chi connectivity index (χ0n) is 38.4. The van der Waals surface area contributed by atoms with E-state index in [0.717, 1.165) is 0 Å². The first-order valence-corrected chi connectivity index (χ1v) is 21.7. The smallest absolute Gasteiger partial charge is 0.326 e. The highest BCUT2D eigenvalue weighted by Gasteiger charge is 2.34. The number of carbonyl (C=O) groups is 10. The lowest BCUT2D eigenvalue weighted by molar-refractivity contribution is -0.147. The molecular weight excluding hydrogens is 881 g/mol. The number of carbonyl (C=O) groups excluding carboxylic acids is 8. The summed E-state index contributed by atoms with van der Waals surface area (Å²) in [4.78, 5) is 133. The second-order valence-corrected chi connectivity index (χ2v) is 16.7. The van der Waals surface area contributed by atoms with Crippen LogP contribution in [0.5, 0.6) is 0 Å². The van der Waals surface area contributed by atoms with Crippen molar-refractivity contribution in [2.75, 3.05) is 13.2 Å². The van der Waals surface area contributed by atoms with Crippen LogP contribution >= 0.6 is 0 Å². The molecule has 25 nitrogen and oxygen atoms in total. The summed E-state index contributed by atoms with van der Waals surface area (Å²) in [5.41, 5.74) is 22.7. The van der Waals surface area contributed by atoms with Gasteiger partial charge in [-0.2, -0.15) is 0 Å². The van der Waals surface area contributed by atoms with Crippen LogP contribution in [-0.2, 0) is 54.4 Å². The molecule has 0 saturated heterocycles. The minimum Gasteiger partial charge on any atom is -0.481 e. The summed E-state index contributed by atoms with van der Waals surface area (Å²) in [7, 11) is 0. The van der Waals surface area contributed by atoms with E-state index in [4.69, 9.17) is 28.0 Å². The normalized spacial score (nSPS) is 14.6. The van der Waals surface area contributed by atoms with Crippen LogP contribution in [0, 0.1) is 11.8 Å². The van der Waals surface area contributed by atoms with Crippen molar-refractivity contribution in [3.63, 3.8) is 0 Å². The predicted octanol–water partition coefficient (Wildman–Crippen LogP) is -4.07. The number of hydrogen-bond donors (Lipinski definition) is 14. The number of aliphatic hydroxyl groups excluding tert-OH is 1. The van der Waals surface area contributed by atoms with Gasteiger partial charge in [-0.15, -0.1) is 0 Å². The van der Waals surface area contributed by atoms with Gasteiger partial charge in [0.1, 0.15) is 42.3 Å². The van der Waals surface area contributed by atoms with Crippen LogP contribution in [0.2, 0.25) is 0 Å². The van der Waals surface area contributed by atoms with Gasteiger partial charge in [0.2, 0.25) is 47.3 Å². The maximum Gasteiger partial charge on any atom is 0.326 e. The van der Waals surface area contributed by atoms with Gasteiger partial charge in [-0.25, -0.2) is 4.79 Å². The van der Waals surface area contributed by atoms with Gasteiger partial charge in [0.15, 0.2) is 5.96 Å². The molecule has 0 bridgehead atoms. The van der Waals surface area contributed by atoms with E-state index in [1.165, 1.54) is 6.92 Å². The van der Waals surface area contributed by atoms with Crippen LogP contribution in [0.25, 0.3) is 0 Å². The van der Waals surface area contributed by atoms with Crippen molar-refractivity contribution in [1.82, 2.24) is 37.2 Å². The van der Waals surface area contributed by atoms with Gasteiger partial charge in [0, 0.05) is 19.4 Å². The molecule has 0 saturated carbocycles. The number of rotatable bonds is 31. The molecule has 374 valence electrons. The second-order valence-electron chi connectivity index (χ2n) is 16.7. The molecule has 1 aromatic carbocycles. The third kappa shape index (κ3) is 23.2. The molecule has 25 heteroatoms. The number of nitrogens with zero attached hydrogens (tertiary/aromatic N) is 1. The summed E-state index contributed by atoms with van der Waals surface area (Å²) >= 11 is 0. The van der Waals surface area contributed by atoms with Gasteiger partial charge < -0.3 is 75.5 Å². The summed E-state index contributed by atoms with van der Waals surface area (Å²) in [5.74, 6) is -10.9. The Balaban J connectivity index is 3.49. The van der Waals surface area contributed by atoms with E-state index < -0.39 is 121 Å². The lowest BCUT2D eigenvalue weighted by Crippen LogP contribution is -2.61. The van der Waals surface area contributed by atoms with Crippen molar-refractivity contribution < 1.29 is 63.3 Å². The van der Waals surface area contributed by atoms with Gasteiger partial charge in [0.05, 0.1) is 19.1 Å². The van der Waals surface area contributed by atoms with E-state index >= 15 is 0 Å². The fourth-order valence-corrected chi connectivity index (χ4v) is 6.32. The molecule has 0 aliphatic carbocycles. The molecule has 0 aliphatic rings. The first-order chi connectivity index (χ1) is 31.3. The number of nitrogens with two attached hydrogens (primary N) is 4. The topological polar surface area (TPSA) is 432 Å². The van der Waals surface area contributed by atoms with Crippen molar-refractivity contribution in [3.8, 4) is 0 Å². The number of carboxylic acids is 2. The predicted molar refractivity (Wildman–Crippen MR) is 242 cm³/mol. The Morgan fingerprint density at radius 3 is 1.58 bits per heavy atom. The summed E-state index contributed by atoms with van der Waals surface area (Å²) in [6.07, 6.45) is -1.68. The Kier molecular flexibility index (Phi) is 25.7.